The summed E-state index contributed by atoms with van der Waals surface area (Å²) in [6, 6.07) is 4.34. The maximum atomic E-state index is 5.57. The van der Waals surface area contributed by atoms with Crippen LogP contribution < -0.4 is 14.8 Å². The molecule has 1 rings (SSSR count). The Morgan fingerprint density at radius 3 is 2.40 bits per heavy atom. The van der Waals surface area contributed by atoms with Crippen LogP contribution in [0, 0.1) is 6.92 Å². The fraction of sp³-hybridized carbons (Fsp3) is 0.455. The molecule has 0 fully saturated rings. The number of rotatable bonds is 5. The van der Waals surface area contributed by atoms with Crippen LogP contribution in [0.25, 0.3) is 0 Å². The van der Waals surface area contributed by atoms with Crippen LogP contribution >= 0.6 is 11.6 Å². The first-order chi connectivity index (χ1) is 7.22. The Morgan fingerprint density at radius 1 is 1.20 bits per heavy atom. The third kappa shape index (κ3) is 3.01. The minimum atomic E-state index is 0.416. The Kier molecular flexibility index (Phi) is 4.72. The smallest absolute Gasteiger partial charge is 0.123 e. The molecular weight excluding hydrogens is 214 g/mol. The maximum Gasteiger partial charge on any atom is 0.123 e. The Labute approximate surface area is 95.3 Å². The number of ether oxygens (including phenoxy) is 2. The van der Waals surface area contributed by atoms with Crippen molar-refractivity contribution in [3.63, 3.8) is 0 Å². The van der Waals surface area contributed by atoms with Gasteiger partial charge in [-0.2, -0.15) is 0 Å². The van der Waals surface area contributed by atoms with Gasteiger partial charge < -0.3 is 9.47 Å². The third-order valence-electron chi connectivity index (χ3n) is 2.21. The zero-order valence-corrected chi connectivity index (χ0v) is 10.0. The van der Waals surface area contributed by atoms with Crippen molar-refractivity contribution < 1.29 is 9.47 Å². The van der Waals surface area contributed by atoms with E-state index in [0.717, 1.165) is 22.6 Å². The van der Waals surface area contributed by atoms with Crippen LogP contribution in [0.4, 0.5) is 0 Å². The number of methoxy groups -OCH3 is 2. The van der Waals surface area contributed by atoms with Gasteiger partial charge in [0.1, 0.15) is 11.5 Å². The van der Waals surface area contributed by atoms with Crippen molar-refractivity contribution in [3.8, 4) is 11.5 Å². The van der Waals surface area contributed by atoms with E-state index in [1.807, 2.05) is 19.1 Å². The van der Waals surface area contributed by atoms with E-state index in [2.05, 4.69) is 5.32 Å². The highest BCUT2D eigenvalue weighted by Crippen LogP contribution is 2.27. The molecule has 0 aliphatic rings. The van der Waals surface area contributed by atoms with E-state index in [1.54, 1.807) is 14.2 Å². The van der Waals surface area contributed by atoms with Crippen LogP contribution in [-0.2, 0) is 6.54 Å². The Balaban J connectivity index is 2.99. The van der Waals surface area contributed by atoms with Gasteiger partial charge in [-0.05, 0) is 24.6 Å². The number of aryl methyl sites for hydroxylation is 1. The lowest BCUT2D eigenvalue weighted by Crippen LogP contribution is -2.11. The molecular formula is C11H16ClNO2. The van der Waals surface area contributed by atoms with Gasteiger partial charge in [-0.3, -0.25) is 5.32 Å². The van der Waals surface area contributed by atoms with Crippen molar-refractivity contribution in [2.45, 2.75) is 13.5 Å². The number of hydrogen-bond donors (Lipinski definition) is 1. The van der Waals surface area contributed by atoms with Crippen molar-refractivity contribution in [3.05, 3.63) is 23.3 Å². The quantitative estimate of drug-likeness (QED) is 0.621. The van der Waals surface area contributed by atoms with E-state index in [1.165, 1.54) is 0 Å². The van der Waals surface area contributed by atoms with Gasteiger partial charge in [0, 0.05) is 12.1 Å². The van der Waals surface area contributed by atoms with E-state index in [-0.39, 0.29) is 0 Å². The molecule has 0 aliphatic heterocycles. The molecule has 1 aromatic carbocycles. The normalized spacial score (nSPS) is 10.1. The molecule has 0 amide bonds. The summed E-state index contributed by atoms with van der Waals surface area (Å²) in [5.41, 5.74) is 2.10. The third-order valence-corrected chi connectivity index (χ3v) is 2.40. The van der Waals surface area contributed by atoms with Crippen molar-refractivity contribution in [2.24, 2.45) is 0 Å². The molecule has 15 heavy (non-hydrogen) atoms. The van der Waals surface area contributed by atoms with Crippen molar-refractivity contribution in [1.29, 1.82) is 0 Å². The first-order valence-electron chi connectivity index (χ1n) is 4.71. The fourth-order valence-electron chi connectivity index (χ4n) is 1.43. The molecule has 3 nitrogen and oxygen atoms in total. The lowest BCUT2D eigenvalue weighted by atomic mass is 10.1. The summed E-state index contributed by atoms with van der Waals surface area (Å²) < 4.78 is 10.5. The standard InChI is InChI=1S/C11H16ClNO2/c1-8-4-11(15-3)9(6-13-7-12)5-10(8)14-2/h4-5,13H,6-7H2,1-3H3. The molecule has 0 unspecified atom stereocenters. The van der Waals surface area contributed by atoms with Gasteiger partial charge in [0.15, 0.2) is 0 Å². The largest absolute Gasteiger partial charge is 0.496 e. The predicted octanol–water partition coefficient (Wildman–Crippen LogP) is 2.30. The number of nitrogens with one attached hydrogen (secondary N) is 1. The van der Waals surface area contributed by atoms with Gasteiger partial charge >= 0.3 is 0 Å². The molecule has 0 atom stereocenters. The maximum absolute atomic E-state index is 5.57. The molecule has 0 aromatic heterocycles. The van der Waals surface area contributed by atoms with Crippen molar-refractivity contribution in [2.75, 3.05) is 20.2 Å². The van der Waals surface area contributed by atoms with Crippen molar-refractivity contribution >= 4 is 11.6 Å². The van der Waals surface area contributed by atoms with Gasteiger partial charge in [-0.25, -0.2) is 0 Å². The highest BCUT2D eigenvalue weighted by Gasteiger charge is 2.07. The molecule has 0 saturated heterocycles. The van der Waals surface area contributed by atoms with Crippen LogP contribution in [0.1, 0.15) is 11.1 Å². The lowest BCUT2D eigenvalue weighted by molar-refractivity contribution is 0.395. The second-order valence-electron chi connectivity index (χ2n) is 3.19. The molecule has 1 aromatic rings. The van der Waals surface area contributed by atoms with Crippen LogP contribution in [0.5, 0.6) is 11.5 Å². The molecule has 0 spiro atoms. The molecule has 0 aliphatic carbocycles. The summed E-state index contributed by atoms with van der Waals surface area (Å²) >= 11 is 5.57. The fourth-order valence-corrected chi connectivity index (χ4v) is 1.53. The molecule has 0 saturated carbocycles. The van der Waals surface area contributed by atoms with E-state index >= 15 is 0 Å². The summed E-state index contributed by atoms with van der Waals surface area (Å²) in [5.74, 6) is 1.72. The zero-order valence-electron chi connectivity index (χ0n) is 9.26. The van der Waals surface area contributed by atoms with Gasteiger partial charge in [-0.15, -0.1) is 11.6 Å². The molecule has 0 radical (unpaired) electrons. The number of halogens is 1. The average Bonchev–Trinajstić information content (AvgIpc) is 2.26. The highest BCUT2D eigenvalue weighted by molar-refractivity contribution is 6.17. The second-order valence-corrected chi connectivity index (χ2v) is 3.46. The van der Waals surface area contributed by atoms with Crippen molar-refractivity contribution in [1.82, 2.24) is 5.32 Å². The minimum Gasteiger partial charge on any atom is -0.496 e. The monoisotopic (exact) mass is 229 g/mol. The molecule has 0 heterocycles. The lowest BCUT2D eigenvalue weighted by Gasteiger charge is -2.12. The van der Waals surface area contributed by atoms with E-state index < -0.39 is 0 Å². The SMILES string of the molecule is COc1cc(CNCCl)c(OC)cc1C. The van der Waals surface area contributed by atoms with E-state index in [0.29, 0.717) is 12.5 Å². The summed E-state index contributed by atoms with van der Waals surface area (Å²) in [4.78, 5) is 0. The Morgan fingerprint density at radius 2 is 1.87 bits per heavy atom. The topological polar surface area (TPSA) is 30.5 Å². The molecule has 1 N–H and O–H groups in total. The van der Waals surface area contributed by atoms with Crippen LogP contribution in [0.15, 0.2) is 12.1 Å². The van der Waals surface area contributed by atoms with E-state index in [4.69, 9.17) is 21.1 Å². The first kappa shape index (κ1) is 12.1. The van der Waals surface area contributed by atoms with Gasteiger partial charge in [0.05, 0.1) is 20.2 Å². The highest BCUT2D eigenvalue weighted by atomic mass is 35.5. The summed E-state index contributed by atoms with van der Waals surface area (Å²) in [5, 5.41) is 3.04. The number of hydrogen-bond acceptors (Lipinski definition) is 3. The average molecular weight is 230 g/mol. The molecule has 84 valence electrons. The zero-order chi connectivity index (χ0) is 11.3. The van der Waals surface area contributed by atoms with Crippen LogP contribution in [-0.4, -0.2) is 20.2 Å². The second kappa shape index (κ2) is 5.83. The van der Waals surface area contributed by atoms with Gasteiger partial charge in [0.25, 0.3) is 0 Å². The van der Waals surface area contributed by atoms with E-state index in [9.17, 15) is 0 Å². The van der Waals surface area contributed by atoms with Gasteiger partial charge in [-0.1, -0.05) is 0 Å². The predicted molar refractivity (Wildman–Crippen MR) is 61.8 cm³/mol. The minimum absolute atomic E-state index is 0.416. The summed E-state index contributed by atoms with van der Waals surface area (Å²) in [7, 11) is 3.32. The van der Waals surface area contributed by atoms with Crippen LogP contribution in [0.3, 0.4) is 0 Å². The van der Waals surface area contributed by atoms with Crippen LogP contribution in [0.2, 0.25) is 0 Å². The van der Waals surface area contributed by atoms with Gasteiger partial charge in [0.2, 0.25) is 0 Å². The summed E-state index contributed by atoms with van der Waals surface area (Å²) in [6.45, 7) is 2.66. The Bertz CT molecular complexity index is 329. The first-order valence-corrected chi connectivity index (χ1v) is 5.24. The molecule has 4 heteroatoms. The number of alkyl halides is 1. The summed E-state index contributed by atoms with van der Waals surface area (Å²) in [6.07, 6.45) is 0. The number of benzene rings is 1. The Hall–Kier alpha value is -0.930. The molecule has 0 bridgehead atoms.